The fourth-order valence-corrected chi connectivity index (χ4v) is 3.78. The highest BCUT2D eigenvalue weighted by Crippen LogP contribution is 2.40. The Morgan fingerprint density at radius 1 is 1.35 bits per heavy atom. The first-order chi connectivity index (χ1) is 9.66. The maximum atomic E-state index is 14.2. The second kappa shape index (κ2) is 6.57. The number of halogens is 1. The molecule has 20 heavy (non-hydrogen) atoms. The molecule has 2 nitrogen and oxygen atoms in total. The molecule has 0 amide bonds. The maximum absolute atomic E-state index is 14.2. The van der Waals surface area contributed by atoms with Crippen molar-refractivity contribution in [2.24, 2.45) is 11.7 Å². The van der Waals surface area contributed by atoms with Gasteiger partial charge in [-0.2, -0.15) is 0 Å². The Kier molecular flexibility index (Phi) is 5.03. The number of rotatable bonds is 5. The lowest BCUT2D eigenvalue weighted by Crippen LogP contribution is -2.57. The highest BCUT2D eigenvalue weighted by atomic mass is 19.1. The molecule has 0 spiro atoms. The van der Waals surface area contributed by atoms with E-state index < -0.39 is 0 Å². The lowest BCUT2D eigenvalue weighted by Gasteiger charge is -2.49. The van der Waals surface area contributed by atoms with Crippen LogP contribution in [-0.2, 0) is 0 Å². The van der Waals surface area contributed by atoms with Crippen molar-refractivity contribution in [1.82, 2.24) is 0 Å². The molecule has 0 heterocycles. The zero-order chi connectivity index (χ0) is 14.6. The maximum Gasteiger partial charge on any atom is 0.146 e. The van der Waals surface area contributed by atoms with Crippen LogP contribution in [0, 0.1) is 11.7 Å². The van der Waals surface area contributed by atoms with Gasteiger partial charge in [-0.25, -0.2) is 4.39 Å². The van der Waals surface area contributed by atoms with Crippen LogP contribution in [0.25, 0.3) is 0 Å². The molecule has 0 aliphatic heterocycles. The monoisotopic (exact) mass is 278 g/mol. The zero-order valence-electron chi connectivity index (χ0n) is 12.7. The van der Waals surface area contributed by atoms with Crippen molar-refractivity contribution >= 4 is 5.69 Å². The molecule has 0 radical (unpaired) electrons. The van der Waals surface area contributed by atoms with E-state index in [1.54, 1.807) is 12.1 Å². The van der Waals surface area contributed by atoms with E-state index in [2.05, 4.69) is 18.7 Å². The Bertz CT molecular complexity index is 435. The minimum Gasteiger partial charge on any atom is -0.362 e. The number of para-hydroxylation sites is 1. The van der Waals surface area contributed by atoms with E-state index in [1.165, 1.54) is 19.3 Å². The van der Waals surface area contributed by atoms with Gasteiger partial charge in [0.25, 0.3) is 0 Å². The molecular formula is C17H27FN2. The Morgan fingerprint density at radius 2 is 2.10 bits per heavy atom. The third-order valence-electron chi connectivity index (χ3n) is 4.91. The molecule has 2 unspecified atom stereocenters. The molecule has 3 heteroatoms. The second-order valence-corrected chi connectivity index (χ2v) is 5.99. The molecule has 1 aromatic rings. The Hall–Kier alpha value is -1.09. The number of likely N-dealkylation sites (N-methyl/N-ethyl adjacent to an activating group) is 1. The predicted molar refractivity (Wildman–Crippen MR) is 83.5 cm³/mol. The summed E-state index contributed by atoms with van der Waals surface area (Å²) in [7, 11) is 0. The molecule has 112 valence electrons. The van der Waals surface area contributed by atoms with Gasteiger partial charge < -0.3 is 10.6 Å². The van der Waals surface area contributed by atoms with Crippen molar-refractivity contribution in [3.8, 4) is 0 Å². The van der Waals surface area contributed by atoms with E-state index in [9.17, 15) is 4.39 Å². The molecular weight excluding hydrogens is 251 g/mol. The number of nitrogens with two attached hydrogens (primary N) is 1. The number of benzene rings is 1. The molecule has 1 saturated carbocycles. The summed E-state index contributed by atoms with van der Waals surface area (Å²) in [6, 6.07) is 7.08. The molecule has 1 aromatic carbocycles. The summed E-state index contributed by atoms with van der Waals surface area (Å²) in [5.41, 5.74) is 6.79. The van der Waals surface area contributed by atoms with Gasteiger partial charge in [0.2, 0.25) is 0 Å². The van der Waals surface area contributed by atoms with Crippen LogP contribution in [-0.4, -0.2) is 18.6 Å². The lowest BCUT2D eigenvalue weighted by molar-refractivity contribution is 0.212. The van der Waals surface area contributed by atoms with Crippen molar-refractivity contribution in [1.29, 1.82) is 0 Å². The smallest absolute Gasteiger partial charge is 0.146 e. The van der Waals surface area contributed by atoms with Crippen LogP contribution in [0.2, 0.25) is 0 Å². The molecule has 2 rings (SSSR count). The van der Waals surface area contributed by atoms with Crippen LogP contribution < -0.4 is 10.6 Å². The average molecular weight is 278 g/mol. The largest absolute Gasteiger partial charge is 0.362 e. The molecule has 2 N–H and O–H groups in total. The van der Waals surface area contributed by atoms with Gasteiger partial charge in [-0.15, -0.1) is 0 Å². The minimum atomic E-state index is -0.138. The number of nitrogens with zero attached hydrogens (tertiary/aromatic N) is 1. The van der Waals surface area contributed by atoms with Crippen LogP contribution in [0.4, 0.5) is 10.1 Å². The number of anilines is 1. The van der Waals surface area contributed by atoms with Crippen LogP contribution >= 0.6 is 0 Å². The van der Waals surface area contributed by atoms with Crippen molar-refractivity contribution in [2.75, 3.05) is 18.0 Å². The van der Waals surface area contributed by atoms with Crippen LogP contribution in [0.3, 0.4) is 0 Å². The zero-order valence-corrected chi connectivity index (χ0v) is 12.7. The van der Waals surface area contributed by atoms with Gasteiger partial charge in [-0.1, -0.05) is 38.3 Å². The van der Waals surface area contributed by atoms with Gasteiger partial charge in [-0.05, 0) is 37.8 Å². The fourth-order valence-electron chi connectivity index (χ4n) is 3.78. The van der Waals surface area contributed by atoms with Gasteiger partial charge in [0.05, 0.1) is 11.2 Å². The first-order valence-corrected chi connectivity index (χ1v) is 7.89. The summed E-state index contributed by atoms with van der Waals surface area (Å²) in [4.78, 5) is 2.21. The molecule has 0 bridgehead atoms. The van der Waals surface area contributed by atoms with Crippen molar-refractivity contribution in [3.63, 3.8) is 0 Å². The third-order valence-corrected chi connectivity index (χ3v) is 4.91. The van der Waals surface area contributed by atoms with Crippen LogP contribution in [0.15, 0.2) is 24.3 Å². The first-order valence-electron chi connectivity index (χ1n) is 7.89. The van der Waals surface area contributed by atoms with Gasteiger partial charge in [0, 0.05) is 13.1 Å². The van der Waals surface area contributed by atoms with Crippen LogP contribution in [0.5, 0.6) is 0 Å². The first kappa shape index (κ1) is 15.3. The Balaban J connectivity index is 2.34. The summed E-state index contributed by atoms with van der Waals surface area (Å²) < 4.78 is 14.2. The predicted octanol–water partition coefficient (Wildman–Crippen LogP) is 3.95. The highest BCUT2D eigenvalue weighted by Gasteiger charge is 2.40. The summed E-state index contributed by atoms with van der Waals surface area (Å²) in [6.07, 6.45) is 5.83. The molecule has 1 fully saturated rings. The number of hydrogen-bond donors (Lipinski definition) is 1. The van der Waals surface area contributed by atoms with Gasteiger partial charge in [-0.3, -0.25) is 0 Å². The van der Waals surface area contributed by atoms with E-state index >= 15 is 0 Å². The Morgan fingerprint density at radius 3 is 2.70 bits per heavy atom. The van der Waals surface area contributed by atoms with Crippen LogP contribution in [0.1, 0.15) is 46.0 Å². The number of hydrogen-bond acceptors (Lipinski definition) is 2. The van der Waals surface area contributed by atoms with Crippen molar-refractivity contribution in [2.45, 2.75) is 51.5 Å². The molecule has 0 saturated heterocycles. The molecule has 1 aliphatic rings. The van der Waals surface area contributed by atoms with Gasteiger partial charge >= 0.3 is 0 Å². The van der Waals surface area contributed by atoms with E-state index in [-0.39, 0.29) is 11.4 Å². The highest BCUT2D eigenvalue weighted by molar-refractivity contribution is 5.50. The fraction of sp³-hybridized carbons (Fsp3) is 0.647. The third kappa shape index (κ3) is 2.83. The van der Waals surface area contributed by atoms with E-state index in [4.69, 9.17) is 5.73 Å². The summed E-state index contributed by atoms with van der Waals surface area (Å²) >= 11 is 0. The molecule has 0 aromatic heterocycles. The average Bonchev–Trinajstić information content (AvgIpc) is 2.50. The van der Waals surface area contributed by atoms with Gasteiger partial charge in [0.1, 0.15) is 5.82 Å². The second-order valence-electron chi connectivity index (χ2n) is 5.99. The molecule has 1 aliphatic carbocycles. The summed E-state index contributed by atoms with van der Waals surface area (Å²) in [5.74, 6) is 0.578. The van der Waals surface area contributed by atoms with E-state index in [0.717, 1.165) is 19.4 Å². The lowest BCUT2D eigenvalue weighted by atomic mass is 9.73. The van der Waals surface area contributed by atoms with Crippen molar-refractivity contribution < 1.29 is 4.39 Å². The van der Waals surface area contributed by atoms with E-state index in [1.807, 2.05) is 12.1 Å². The topological polar surface area (TPSA) is 29.3 Å². The molecule has 2 atom stereocenters. The SMILES string of the molecule is CCC1CCCC(CN)(N(CC)c2ccccc2F)C1. The standard InChI is InChI=1S/C17H27FN2/c1-3-14-8-7-11-17(12-14,13-19)20(4-2)16-10-6-5-9-15(16)18/h5-6,9-10,14H,3-4,7-8,11-13,19H2,1-2H3. The Labute approximate surface area is 122 Å². The van der Waals surface area contributed by atoms with Gasteiger partial charge in [0.15, 0.2) is 0 Å². The normalized spacial score (nSPS) is 26.5. The van der Waals surface area contributed by atoms with Crippen molar-refractivity contribution in [3.05, 3.63) is 30.1 Å². The quantitative estimate of drug-likeness (QED) is 0.883. The van der Waals surface area contributed by atoms with E-state index in [0.29, 0.717) is 18.2 Å². The minimum absolute atomic E-state index is 0.0735. The summed E-state index contributed by atoms with van der Waals surface area (Å²) in [6.45, 7) is 5.75. The summed E-state index contributed by atoms with van der Waals surface area (Å²) in [5, 5.41) is 0.